The van der Waals surface area contributed by atoms with E-state index in [4.69, 9.17) is 0 Å². The lowest BCUT2D eigenvalue weighted by Crippen LogP contribution is -2.44. The Morgan fingerprint density at radius 1 is 1.17 bits per heavy atom. The molecule has 1 aliphatic heterocycles. The van der Waals surface area contributed by atoms with Crippen molar-refractivity contribution in [3.05, 3.63) is 77.4 Å². The van der Waals surface area contributed by atoms with Gasteiger partial charge in [-0.25, -0.2) is 0 Å². The molecule has 5 nitrogen and oxygen atoms in total. The van der Waals surface area contributed by atoms with Crippen molar-refractivity contribution in [3.8, 4) is 10.4 Å². The minimum Gasteiger partial charge on any atom is -0.359 e. The fourth-order valence-electron chi connectivity index (χ4n) is 4.26. The Morgan fingerprint density at radius 2 is 2.03 bits per heavy atom. The topological polar surface area (TPSA) is 62.3 Å². The summed E-state index contributed by atoms with van der Waals surface area (Å²) in [6.45, 7) is 1.03. The Kier molecular flexibility index (Phi) is 5.95. The highest BCUT2D eigenvalue weighted by molar-refractivity contribution is 7.13. The highest BCUT2D eigenvalue weighted by atomic mass is 32.1. The maximum absolute atomic E-state index is 13.0. The molecular formula is C24H25N3O2S. The molecule has 3 aromatic rings. The second-order valence-corrected chi connectivity index (χ2v) is 8.72. The van der Waals surface area contributed by atoms with E-state index in [2.05, 4.69) is 33.9 Å². The van der Waals surface area contributed by atoms with Gasteiger partial charge in [-0.1, -0.05) is 36.4 Å². The number of hydrogen-bond donors (Lipinski definition) is 1. The number of pyridine rings is 1. The van der Waals surface area contributed by atoms with Crippen molar-refractivity contribution in [2.45, 2.75) is 19.3 Å². The van der Waals surface area contributed by atoms with E-state index >= 15 is 0 Å². The van der Waals surface area contributed by atoms with Crippen molar-refractivity contribution < 1.29 is 9.59 Å². The summed E-state index contributed by atoms with van der Waals surface area (Å²) < 4.78 is 0. The number of nitrogens with zero attached hydrogens (tertiary/aromatic N) is 2. The maximum atomic E-state index is 13.0. The van der Waals surface area contributed by atoms with Gasteiger partial charge in [-0.05, 0) is 47.0 Å². The fourth-order valence-corrected chi connectivity index (χ4v) is 5.05. The lowest BCUT2D eigenvalue weighted by molar-refractivity contribution is -0.132. The fraction of sp³-hybridized carbons (Fsp3) is 0.292. The molecule has 6 heteroatoms. The summed E-state index contributed by atoms with van der Waals surface area (Å²) in [5, 5.41) is 4.91. The maximum Gasteiger partial charge on any atom is 0.228 e. The molecule has 3 heterocycles. The normalized spacial score (nSPS) is 18.4. The minimum absolute atomic E-state index is 0.000149. The number of benzene rings is 1. The van der Waals surface area contributed by atoms with Gasteiger partial charge in [0.1, 0.15) is 0 Å². The summed E-state index contributed by atoms with van der Waals surface area (Å²) in [5.74, 6) is 0.0421. The van der Waals surface area contributed by atoms with Crippen LogP contribution in [-0.2, 0) is 22.4 Å². The van der Waals surface area contributed by atoms with Crippen molar-refractivity contribution >= 4 is 23.2 Å². The third-order valence-electron chi connectivity index (χ3n) is 5.83. The molecule has 1 aliphatic rings. The molecular weight excluding hydrogens is 394 g/mol. The smallest absolute Gasteiger partial charge is 0.228 e. The number of carbonyl (C=O) groups is 2. The monoisotopic (exact) mass is 419 g/mol. The first-order chi connectivity index (χ1) is 14.6. The van der Waals surface area contributed by atoms with Gasteiger partial charge in [0.15, 0.2) is 0 Å². The van der Waals surface area contributed by atoms with Crippen LogP contribution in [0, 0.1) is 5.41 Å². The molecule has 1 unspecified atom stereocenters. The van der Waals surface area contributed by atoms with Crippen molar-refractivity contribution in [2.75, 3.05) is 20.1 Å². The molecule has 1 atom stereocenters. The van der Waals surface area contributed by atoms with Gasteiger partial charge < -0.3 is 10.2 Å². The summed E-state index contributed by atoms with van der Waals surface area (Å²) in [4.78, 5) is 33.0. The third kappa shape index (κ3) is 4.14. The van der Waals surface area contributed by atoms with Crippen LogP contribution in [0.25, 0.3) is 10.4 Å². The second-order valence-electron chi connectivity index (χ2n) is 7.77. The van der Waals surface area contributed by atoms with Gasteiger partial charge >= 0.3 is 0 Å². The first kappa shape index (κ1) is 20.3. The van der Waals surface area contributed by atoms with E-state index in [9.17, 15) is 9.59 Å². The first-order valence-corrected chi connectivity index (χ1v) is 11.0. The summed E-state index contributed by atoms with van der Waals surface area (Å²) in [5.41, 5.74) is 2.58. The molecule has 1 aromatic carbocycles. The van der Waals surface area contributed by atoms with Gasteiger partial charge in [0, 0.05) is 37.4 Å². The van der Waals surface area contributed by atoms with Crippen LogP contribution in [0.3, 0.4) is 0 Å². The molecule has 0 aliphatic carbocycles. The lowest BCUT2D eigenvalue weighted by Gasteiger charge is -2.28. The second kappa shape index (κ2) is 8.79. The largest absolute Gasteiger partial charge is 0.359 e. The number of amides is 2. The van der Waals surface area contributed by atoms with Gasteiger partial charge in [0.2, 0.25) is 11.8 Å². The SMILES string of the molecule is CNC(=O)C1(Cc2ccccc2-c2cccs2)CCN(C(=O)Cc2cccnc2)C1. The number of rotatable bonds is 6. The number of nitrogens with one attached hydrogen (secondary N) is 1. The number of aromatic nitrogens is 1. The van der Waals surface area contributed by atoms with Crippen LogP contribution in [0.4, 0.5) is 0 Å². The number of carbonyl (C=O) groups excluding carboxylic acids is 2. The Labute approximate surface area is 180 Å². The molecule has 0 bridgehead atoms. The Morgan fingerprint density at radius 3 is 2.77 bits per heavy atom. The van der Waals surface area contributed by atoms with E-state index in [0.29, 0.717) is 32.4 Å². The van der Waals surface area contributed by atoms with Crippen LogP contribution in [-0.4, -0.2) is 41.8 Å². The van der Waals surface area contributed by atoms with E-state index < -0.39 is 5.41 Å². The van der Waals surface area contributed by atoms with Crippen molar-refractivity contribution in [1.82, 2.24) is 15.2 Å². The zero-order valence-corrected chi connectivity index (χ0v) is 17.8. The molecule has 2 aromatic heterocycles. The molecule has 0 saturated carbocycles. The van der Waals surface area contributed by atoms with E-state index in [1.165, 1.54) is 4.88 Å². The van der Waals surface area contributed by atoms with Crippen LogP contribution < -0.4 is 5.32 Å². The quantitative estimate of drug-likeness (QED) is 0.665. The van der Waals surface area contributed by atoms with Crippen LogP contribution in [0.5, 0.6) is 0 Å². The minimum atomic E-state index is -0.618. The Bertz CT molecular complexity index is 1020. The van der Waals surface area contributed by atoms with Crippen LogP contribution in [0.2, 0.25) is 0 Å². The molecule has 0 radical (unpaired) electrons. The van der Waals surface area contributed by atoms with Crippen molar-refractivity contribution in [1.29, 1.82) is 0 Å². The predicted octanol–water partition coefficient (Wildman–Crippen LogP) is 3.56. The number of likely N-dealkylation sites (tertiary alicyclic amines) is 1. The Hall–Kier alpha value is -2.99. The van der Waals surface area contributed by atoms with Crippen LogP contribution in [0.15, 0.2) is 66.3 Å². The van der Waals surface area contributed by atoms with Gasteiger partial charge in [-0.15, -0.1) is 11.3 Å². The molecule has 1 fully saturated rings. The van der Waals surface area contributed by atoms with Gasteiger partial charge in [-0.3, -0.25) is 14.6 Å². The summed E-state index contributed by atoms with van der Waals surface area (Å²) in [6.07, 6.45) is 4.99. The highest BCUT2D eigenvalue weighted by Gasteiger charge is 2.45. The zero-order valence-electron chi connectivity index (χ0n) is 17.0. The molecule has 154 valence electrons. The molecule has 4 rings (SSSR count). The zero-order chi connectivity index (χ0) is 21.0. The average Bonchev–Trinajstić information content (AvgIpc) is 3.45. The summed E-state index contributed by atoms with van der Waals surface area (Å²) in [6, 6.07) is 16.1. The Balaban J connectivity index is 1.57. The standard InChI is InChI=1S/C24H25N3O2S/c1-25-23(29)24(15-19-7-2-3-8-20(19)21-9-5-13-30-21)10-12-27(17-24)22(28)14-18-6-4-11-26-16-18/h2-9,11,13,16H,10,12,14-15,17H2,1H3,(H,25,29). The van der Waals surface area contributed by atoms with Crippen LogP contribution in [0.1, 0.15) is 17.5 Å². The van der Waals surface area contributed by atoms with E-state index in [-0.39, 0.29) is 11.8 Å². The molecule has 1 N–H and O–H groups in total. The van der Waals surface area contributed by atoms with E-state index in [1.807, 2.05) is 35.2 Å². The third-order valence-corrected chi connectivity index (χ3v) is 6.73. The summed E-state index contributed by atoms with van der Waals surface area (Å²) in [7, 11) is 1.68. The average molecular weight is 420 g/mol. The molecule has 1 saturated heterocycles. The number of thiophene rings is 1. The van der Waals surface area contributed by atoms with Crippen LogP contribution >= 0.6 is 11.3 Å². The number of hydrogen-bond acceptors (Lipinski definition) is 4. The highest BCUT2D eigenvalue weighted by Crippen LogP contribution is 2.38. The molecule has 30 heavy (non-hydrogen) atoms. The molecule has 0 spiro atoms. The van der Waals surface area contributed by atoms with E-state index in [1.54, 1.807) is 30.8 Å². The first-order valence-electron chi connectivity index (χ1n) is 10.1. The van der Waals surface area contributed by atoms with Gasteiger partial charge in [0.05, 0.1) is 11.8 Å². The van der Waals surface area contributed by atoms with Gasteiger partial charge in [0.25, 0.3) is 0 Å². The molecule has 2 amide bonds. The van der Waals surface area contributed by atoms with E-state index in [0.717, 1.165) is 16.7 Å². The summed E-state index contributed by atoms with van der Waals surface area (Å²) >= 11 is 1.70. The lowest BCUT2D eigenvalue weighted by atomic mass is 9.78. The van der Waals surface area contributed by atoms with Gasteiger partial charge in [-0.2, -0.15) is 0 Å². The van der Waals surface area contributed by atoms with Crippen molar-refractivity contribution in [2.24, 2.45) is 5.41 Å². The van der Waals surface area contributed by atoms with Crippen molar-refractivity contribution in [3.63, 3.8) is 0 Å². The predicted molar refractivity (Wildman–Crippen MR) is 119 cm³/mol.